The minimum absolute atomic E-state index is 0.0364. The van der Waals surface area contributed by atoms with Crippen molar-refractivity contribution in [2.24, 2.45) is 0 Å². The van der Waals surface area contributed by atoms with Gasteiger partial charge in [-0.05, 0) is 37.1 Å². The van der Waals surface area contributed by atoms with Crippen molar-refractivity contribution >= 4 is 10.0 Å². The number of piperidine rings is 1. The molecule has 3 heterocycles. The topological polar surface area (TPSA) is 81.6 Å². The average Bonchev–Trinajstić information content (AvgIpc) is 2.70. The van der Waals surface area contributed by atoms with E-state index in [1.807, 2.05) is 0 Å². The first-order chi connectivity index (χ1) is 13.5. The monoisotopic (exact) mass is 407 g/mol. The second-order valence-corrected chi connectivity index (χ2v) is 9.10. The van der Waals surface area contributed by atoms with Crippen LogP contribution in [0, 0.1) is 5.82 Å². The van der Waals surface area contributed by atoms with E-state index in [2.05, 4.69) is 9.97 Å². The Morgan fingerprint density at radius 1 is 1.18 bits per heavy atom. The van der Waals surface area contributed by atoms with Gasteiger partial charge in [-0.25, -0.2) is 17.8 Å². The Hall–Kier alpha value is -2.10. The van der Waals surface area contributed by atoms with Gasteiger partial charge in [-0.15, -0.1) is 0 Å². The van der Waals surface area contributed by atoms with Crippen molar-refractivity contribution in [2.75, 3.05) is 19.7 Å². The predicted octanol–water partition coefficient (Wildman–Crippen LogP) is 2.40. The fraction of sp³-hybridized carbons (Fsp3) is 0.474. The summed E-state index contributed by atoms with van der Waals surface area (Å²) < 4.78 is 52.2. The van der Waals surface area contributed by atoms with Gasteiger partial charge in [0.05, 0.1) is 23.3 Å². The molecular weight excluding hydrogens is 385 g/mol. The van der Waals surface area contributed by atoms with Crippen molar-refractivity contribution in [3.8, 4) is 5.88 Å². The first-order valence-corrected chi connectivity index (χ1v) is 10.7. The molecule has 0 unspecified atom stereocenters. The molecule has 2 saturated heterocycles. The average molecular weight is 407 g/mol. The molecule has 28 heavy (non-hydrogen) atoms. The predicted molar refractivity (Wildman–Crippen MR) is 98.8 cm³/mol. The number of rotatable bonds is 4. The van der Waals surface area contributed by atoms with Crippen LogP contribution in [0.5, 0.6) is 5.88 Å². The molecule has 150 valence electrons. The van der Waals surface area contributed by atoms with Crippen molar-refractivity contribution in [2.45, 2.75) is 42.3 Å². The van der Waals surface area contributed by atoms with Crippen molar-refractivity contribution in [3.05, 3.63) is 48.7 Å². The van der Waals surface area contributed by atoms with E-state index in [9.17, 15) is 12.8 Å². The molecular formula is C19H22FN3O4S. The summed E-state index contributed by atoms with van der Waals surface area (Å²) in [7, 11) is -3.63. The van der Waals surface area contributed by atoms with Gasteiger partial charge in [-0.3, -0.25) is 4.98 Å². The highest BCUT2D eigenvalue weighted by Crippen LogP contribution is 2.37. The Labute approximate surface area is 163 Å². The third-order valence-electron chi connectivity index (χ3n) is 5.36. The quantitative estimate of drug-likeness (QED) is 0.774. The van der Waals surface area contributed by atoms with E-state index in [1.165, 1.54) is 16.4 Å². The van der Waals surface area contributed by atoms with Crippen LogP contribution in [0.2, 0.25) is 0 Å². The molecule has 4 rings (SSSR count). The van der Waals surface area contributed by atoms with Crippen LogP contribution in [-0.2, 0) is 14.8 Å². The van der Waals surface area contributed by atoms with Crippen LogP contribution in [0.25, 0.3) is 0 Å². The zero-order chi connectivity index (χ0) is 19.6. The molecule has 1 spiro atoms. The number of nitrogens with zero attached hydrogens (tertiary/aromatic N) is 3. The molecule has 2 aliphatic rings. The maximum Gasteiger partial charge on any atom is 0.243 e. The lowest BCUT2D eigenvalue weighted by molar-refractivity contribution is -0.133. The van der Waals surface area contributed by atoms with E-state index in [-0.39, 0.29) is 16.6 Å². The van der Waals surface area contributed by atoms with Gasteiger partial charge in [-0.2, -0.15) is 4.31 Å². The highest BCUT2D eigenvalue weighted by atomic mass is 32.2. The summed E-state index contributed by atoms with van der Waals surface area (Å²) in [5.41, 5.74) is -0.389. The lowest BCUT2D eigenvalue weighted by Crippen LogP contribution is -2.52. The minimum atomic E-state index is -3.63. The molecule has 2 aliphatic heterocycles. The van der Waals surface area contributed by atoms with Crippen LogP contribution in [-0.4, -0.2) is 54.1 Å². The molecule has 0 amide bonds. The van der Waals surface area contributed by atoms with Gasteiger partial charge >= 0.3 is 0 Å². The van der Waals surface area contributed by atoms with Crippen molar-refractivity contribution in [1.82, 2.24) is 14.3 Å². The lowest BCUT2D eigenvalue weighted by Gasteiger charge is -2.45. The van der Waals surface area contributed by atoms with Crippen molar-refractivity contribution in [3.63, 3.8) is 0 Å². The molecule has 1 aromatic carbocycles. The fourth-order valence-corrected chi connectivity index (χ4v) is 5.28. The fourth-order valence-electron chi connectivity index (χ4n) is 3.84. The molecule has 0 aliphatic carbocycles. The summed E-state index contributed by atoms with van der Waals surface area (Å²) in [6, 6.07) is 4.93. The smallest absolute Gasteiger partial charge is 0.243 e. The van der Waals surface area contributed by atoms with Crippen LogP contribution >= 0.6 is 0 Å². The number of halogens is 1. The summed E-state index contributed by atoms with van der Waals surface area (Å²) in [5.74, 6) is 0.0298. The van der Waals surface area contributed by atoms with E-state index < -0.39 is 15.8 Å². The Morgan fingerprint density at radius 2 is 1.93 bits per heavy atom. The van der Waals surface area contributed by atoms with E-state index in [0.717, 1.165) is 18.6 Å². The largest absolute Gasteiger partial charge is 0.473 e. The van der Waals surface area contributed by atoms with Crippen LogP contribution in [0.4, 0.5) is 4.39 Å². The van der Waals surface area contributed by atoms with Crippen LogP contribution in [0.15, 0.2) is 47.8 Å². The molecule has 0 N–H and O–H groups in total. The maximum atomic E-state index is 13.1. The SMILES string of the molecule is O=S(=O)(c1ccc(F)cc1)N1CCC2(CC1)C[C@@H](Oc1cnccn1)CCO2. The second kappa shape index (κ2) is 7.73. The van der Waals surface area contributed by atoms with Crippen molar-refractivity contribution < 1.29 is 22.3 Å². The Bertz CT molecular complexity index is 901. The van der Waals surface area contributed by atoms with Crippen LogP contribution < -0.4 is 4.74 Å². The Morgan fingerprint density at radius 3 is 2.61 bits per heavy atom. The van der Waals surface area contributed by atoms with Crippen LogP contribution in [0.1, 0.15) is 25.7 Å². The third-order valence-corrected chi connectivity index (χ3v) is 7.27. The Balaban J connectivity index is 1.40. The molecule has 7 nitrogen and oxygen atoms in total. The van der Waals surface area contributed by atoms with E-state index in [1.54, 1.807) is 18.6 Å². The summed E-state index contributed by atoms with van der Waals surface area (Å²) in [5, 5.41) is 0. The molecule has 0 bridgehead atoms. The highest BCUT2D eigenvalue weighted by molar-refractivity contribution is 7.89. The number of hydrogen-bond donors (Lipinski definition) is 0. The molecule has 1 aromatic heterocycles. The van der Waals surface area contributed by atoms with Gasteiger partial charge in [0.15, 0.2) is 0 Å². The van der Waals surface area contributed by atoms with Gasteiger partial charge in [0.1, 0.15) is 11.9 Å². The van der Waals surface area contributed by atoms with Crippen LogP contribution in [0.3, 0.4) is 0 Å². The first-order valence-electron chi connectivity index (χ1n) is 9.29. The third kappa shape index (κ3) is 4.01. The molecule has 0 radical (unpaired) electrons. The zero-order valence-electron chi connectivity index (χ0n) is 15.3. The number of hydrogen-bond acceptors (Lipinski definition) is 6. The van der Waals surface area contributed by atoms with Crippen molar-refractivity contribution in [1.29, 1.82) is 0 Å². The Kier molecular flexibility index (Phi) is 5.31. The van der Waals surface area contributed by atoms with Gasteiger partial charge < -0.3 is 9.47 Å². The number of sulfonamides is 1. The van der Waals surface area contributed by atoms with Gasteiger partial charge in [-0.1, -0.05) is 0 Å². The minimum Gasteiger partial charge on any atom is -0.473 e. The molecule has 9 heteroatoms. The zero-order valence-corrected chi connectivity index (χ0v) is 16.1. The van der Waals surface area contributed by atoms with Gasteiger partial charge in [0.2, 0.25) is 15.9 Å². The van der Waals surface area contributed by atoms with E-state index in [4.69, 9.17) is 9.47 Å². The highest BCUT2D eigenvalue weighted by Gasteiger charge is 2.43. The van der Waals surface area contributed by atoms with E-state index in [0.29, 0.717) is 44.8 Å². The summed E-state index contributed by atoms with van der Waals surface area (Å²) in [6.45, 7) is 1.28. The number of aromatic nitrogens is 2. The molecule has 2 fully saturated rings. The standard InChI is InChI=1S/C19H22FN3O4S/c20-15-1-3-17(4-2-15)28(24,25)23-10-6-19(7-11-23)13-16(5-12-26-19)27-18-14-21-8-9-22-18/h1-4,8-9,14,16H,5-7,10-13H2/t16-/m0/s1. The maximum absolute atomic E-state index is 13.1. The van der Waals surface area contributed by atoms with Gasteiger partial charge in [0.25, 0.3) is 0 Å². The number of benzene rings is 1. The summed E-state index contributed by atoms with van der Waals surface area (Å²) in [6.07, 6.45) is 7.36. The second-order valence-electron chi connectivity index (χ2n) is 7.17. The summed E-state index contributed by atoms with van der Waals surface area (Å²) >= 11 is 0. The summed E-state index contributed by atoms with van der Waals surface area (Å²) in [4.78, 5) is 8.27. The molecule has 0 saturated carbocycles. The lowest BCUT2D eigenvalue weighted by atomic mass is 9.84. The van der Waals surface area contributed by atoms with E-state index >= 15 is 0 Å². The number of ether oxygens (including phenoxy) is 2. The molecule has 1 atom stereocenters. The first kappa shape index (κ1) is 19.2. The molecule has 2 aromatic rings. The normalized spacial score (nSPS) is 22.8. The van der Waals surface area contributed by atoms with Gasteiger partial charge in [0, 0.05) is 38.3 Å².